The molecule has 1 atom stereocenters. The molecule has 2 aromatic rings. The lowest BCUT2D eigenvalue weighted by Crippen LogP contribution is -2.35. The smallest absolute Gasteiger partial charge is 0.360 e. The van der Waals surface area contributed by atoms with Gasteiger partial charge in [-0.05, 0) is 36.2 Å². The minimum Gasteiger partial charge on any atom is -0.497 e. The molecule has 1 N–H and O–H groups in total. The monoisotopic (exact) mass is 388 g/mol. The molecule has 24 heavy (non-hydrogen) atoms. The van der Waals surface area contributed by atoms with Crippen LogP contribution in [0, 0.1) is 0 Å². The van der Waals surface area contributed by atoms with Crippen LogP contribution in [-0.2, 0) is 16.1 Å². The Morgan fingerprint density at radius 1 is 1.29 bits per heavy atom. The average molecular weight is 389 g/mol. The molecule has 0 saturated heterocycles. The minimum atomic E-state index is -0.993. The van der Waals surface area contributed by atoms with Gasteiger partial charge in [0, 0.05) is 6.54 Å². The number of carbonyl (C=O) groups excluding carboxylic acids is 2. The van der Waals surface area contributed by atoms with Gasteiger partial charge in [0.2, 0.25) is 0 Å². The summed E-state index contributed by atoms with van der Waals surface area (Å²) in [4.78, 5) is 23.9. The first-order valence-corrected chi connectivity index (χ1v) is 8.37. The topological polar surface area (TPSA) is 77.5 Å². The zero-order valence-corrected chi connectivity index (χ0v) is 15.2. The molecule has 0 saturated carbocycles. The molecule has 0 aliphatic rings. The molecule has 1 heterocycles. The van der Waals surface area contributed by atoms with E-state index in [1.54, 1.807) is 19.2 Å². The number of rotatable bonds is 6. The number of ether oxygens (including phenoxy) is 2. The fourth-order valence-corrected chi connectivity index (χ4v) is 2.71. The van der Waals surface area contributed by atoms with Crippen LogP contribution in [0.15, 0.2) is 24.3 Å². The van der Waals surface area contributed by atoms with Crippen LogP contribution in [0.5, 0.6) is 5.75 Å². The number of esters is 1. The number of carbonyl (C=O) groups is 2. The quantitative estimate of drug-likeness (QED) is 0.767. The summed E-state index contributed by atoms with van der Waals surface area (Å²) >= 11 is 12.5. The largest absolute Gasteiger partial charge is 0.497 e. The third kappa shape index (κ3) is 4.59. The second kappa shape index (κ2) is 8.32. The number of nitrogens with zero attached hydrogens (tertiary/aromatic N) is 1. The second-order valence-corrected chi connectivity index (χ2v) is 6.49. The predicted octanol–water partition coefficient (Wildman–Crippen LogP) is 3.32. The van der Waals surface area contributed by atoms with Gasteiger partial charge in [0.15, 0.2) is 11.8 Å². The summed E-state index contributed by atoms with van der Waals surface area (Å²) in [6.45, 7) is 1.76. The Hall–Kier alpha value is -1.83. The van der Waals surface area contributed by atoms with E-state index in [0.29, 0.717) is 6.54 Å². The molecule has 0 radical (unpaired) electrons. The fourth-order valence-electron chi connectivity index (χ4n) is 1.73. The third-order valence-corrected chi connectivity index (χ3v) is 4.68. The molecule has 0 spiro atoms. The van der Waals surface area contributed by atoms with Crippen LogP contribution < -0.4 is 10.1 Å². The molecule has 0 bridgehead atoms. The summed E-state index contributed by atoms with van der Waals surface area (Å²) in [6.07, 6.45) is -0.993. The molecule has 1 amide bonds. The van der Waals surface area contributed by atoms with E-state index in [2.05, 4.69) is 9.69 Å². The normalized spacial score (nSPS) is 11.7. The molecule has 9 heteroatoms. The number of halogens is 2. The molecule has 0 fully saturated rings. The zero-order valence-electron chi connectivity index (χ0n) is 12.8. The van der Waals surface area contributed by atoms with Crippen molar-refractivity contribution in [3.8, 4) is 5.75 Å². The first kappa shape index (κ1) is 18.5. The molecule has 0 unspecified atom stereocenters. The molecule has 6 nitrogen and oxygen atoms in total. The average Bonchev–Trinajstić information content (AvgIpc) is 2.92. The van der Waals surface area contributed by atoms with Crippen molar-refractivity contribution in [2.75, 3.05) is 7.11 Å². The van der Waals surface area contributed by atoms with Gasteiger partial charge in [0.1, 0.15) is 15.1 Å². The summed E-state index contributed by atoms with van der Waals surface area (Å²) in [5.41, 5.74) is 0.790. The van der Waals surface area contributed by atoms with Gasteiger partial charge in [0.25, 0.3) is 5.91 Å². The van der Waals surface area contributed by atoms with Crippen LogP contribution in [0.3, 0.4) is 0 Å². The zero-order chi connectivity index (χ0) is 17.7. The van der Waals surface area contributed by atoms with Crippen molar-refractivity contribution in [3.05, 3.63) is 44.9 Å². The molecule has 2 rings (SSSR count). The van der Waals surface area contributed by atoms with Gasteiger partial charge >= 0.3 is 5.97 Å². The maximum atomic E-state index is 12.0. The summed E-state index contributed by atoms with van der Waals surface area (Å²) < 4.78 is 14.1. The molecule has 1 aromatic carbocycles. The first-order valence-electron chi connectivity index (χ1n) is 6.84. The van der Waals surface area contributed by atoms with Crippen molar-refractivity contribution in [1.29, 1.82) is 0 Å². The Bertz CT molecular complexity index is 734. The lowest BCUT2D eigenvalue weighted by Gasteiger charge is -2.13. The van der Waals surface area contributed by atoms with E-state index in [1.807, 2.05) is 12.1 Å². The van der Waals surface area contributed by atoms with Crippen LogP contribution in [-0.4, -0.2) is 29.5 Å². The van der Waals surface area contributed by atoms with Crippen molar-refractivity contribution in [2.24, 2.45) is 0 Å². The van der Waals surface area contributed by atoms with Crippen molar-refractivity contribution < 1.29 is 19.1 Å². The Kier molecular flexibility index (Phi) is 6.42. The number of methoxy groups -OCH3 is 1. The lowest BCUT2D eigenvalue weighted by molar-refractivity contribution is -0.129. The summed E-state index contributed by atoms with van der Waals surface area (Å²) in [5, 5.41) is 2.70. The van der Waals surface area contributed by atoms with Gasteiger partial charge in [-0.25, -0.2) is 4.79 Å². The Morgan fingerprint density at radius 2 is 1.96 bits per heavy atom. The van der Waals surface area contributed by atoms with E-state index in [-0.39, 0.29) is 15.1 Å². The van der Waals surface area contributed by atoms with E-state index in [0.717, 1.165) is 22.8 Å². The standard InChI is InChI=1S/C15H14Cl2N2O4S/c1-8(23-15(21)12-11(16)13(17)24-19-12)14(20)18-7-9-3-5-10(22-2)6-4-9/h3-6,8H,7H2,1-2H3,(H,18,20)/t8-/m0/s1. The highest BCUT2D eigenvalue weighted by atomic mass is 35.5. The minimum absolute atomic E-state index is 0.0255. The number of hydrogen-bond acceptors (Lipinski definition) is 6. The molecule has 0 aliphatic carbocycles. The summed E-state index contributed by atoms with van der Waals surface area (Å²) in [5.74, 6) is -0.502. The van der Waals surface area contributed by atoms with Crippen LogP contribution in [0.1, 0.15) is 23.0 Å². The number of hydrogen-bond donors (Lipinski definition) is 1. The SMILES string of the molecule is COc1ccc(CNC(=O)[C@H](C)OC(=O)c2nsc(Cl)c2Cl)cc1. The van der Waals surface area contributed by atoms with Gasteiger partial charge in [-0.15, -0.1) is 0 Å². The number of benzene rings is 1. The fraction of sp³-hybridized carbons (Fsp3) is 0.267. The molecular weight excluding hydrogens is 375 g/mol. The Balaban J connectivity index is 1.87. The van der Waals surface area contributed by atoms with Gasteiger partial charge in [-0.2, -0.15) is 4.37 Å². The Labute approximate surface area is 152 Å². The van der Waals surface area contributed by atoms with Crippen molar-refractivity contribution in [1.82, 2.24) is 9.69 Å². The number of nitrogens with one attached hydrogen (secondary N) is 1. The maximum Gasteiger partial charge on any atom is 0.360 e. The third-order valence-electron chi connectivity index (χ3n) is 3.07. The Morgan fingerprint density at radius 3 is 2.50 bits per heavy atom. The number of amides is 1. The van der Waals surface area contributed by atoms with Gasteiger partial charge < -0.3 is 14.8 Å². The van der Waals surface area contributed by atoms with Crippen LogP contribution in [0.4, 0.5) is 0 Å². The second-order valence-electron chi connectivity index (χ2n) is 4.73. The molecule has 128 valence electrons. The van der Waals surface area contributed by atoms with Gasteiger partial charge in [-0.1, -0.05) is 35.3 Å². The van der Waals surface area contributed by atoms with Crippen molar-refractivity contribution >= 4 is 46.6 Å². The predicted molar refractivity (Wildman–Crippen MR) is 91.9 cm³/mol. The van der Waals surface area contributed by atoms with Crippen LogP contribution >= 0.6 is 34.7 Å². The van der Waals surface area contributed by atoms with E-state index in [9.17, 15) is 9.59 Å². The summed E-state index contributed by atoms with van der Waals surface area (Å²) in [6, 6.07) is 7.23. The van der Waals surface area contributed by atoms with Gasteiger partial charge in [-0.3, -0.25) is 4.79 Å². The maximum absolute atomic E-state index is 12.0. The molecule has 1 aromatic heterocycles. The first-order chi connectivity index (χ1) is 11.4. The highest BCUT2D eigenvalue weighted by molar-refractivity contribution is 7.11. The van der Waals surface area contributed by atoms with Crippen LogP contribution in [0.25, 0.3) is 0 Å². The van der Waals surface area contributed by atoms with E-state index < -0.39 is 18.0 Å². The highest BCUT2D eigenvalue weighted by Crippen LogP contribution is 2.29. The highest BCUT2D eigenvalue weighted by Gasteiger charge is 2.24. The molecule has 0 aliphatic heterocycles. The van der Waals surface area contributed by atoms with Crippen LogP contribution in [0.2, 0.25) is 9.36 Å². The van der Waals surface area contributed by atoms with E-state index in [4.69, 9.17) is 32.7 Å². The van der Waals surface area contributed by atoms with Gasteiger partial charge in [0.05, 0.1) is 7.11 Å². The van der Waals surface area contributed by atoms with Crippen molar-refractivity contribution in [3.63, 3.8) is 0 Å². The summed E-state index contributed by atoms with van der Waals surface area (Å²) in [7, 11) is 1.58. The van der Waals surface area contributed by atoms with E-state index in [1.165, 1.54) is 6.92 Å². The van der Waals surface area contributed by atoms with E-state index >= 15 is 0 Å². The lowest BCUT2D eigenvalue weighted by atomic mass is 10.2. The number of aromatic nitrogens is 1. The molecular formula is C15H14Cl2N2O4S. The van der Waals surface area contributed by atoms with Crippen molar-refractivity contribution in [2.45, 2.75) is 19.6 Å².